The van der Waals surface area contributed by atoms with E-state index >= 15 is 0 Å². The van der Waals surface area contributed by atoms with Crippen LogP contribution in [0.15, 0.2) is 48.1 Å². The van der Waals surface area contributed by atoms with Gasteiger partial charge in [-0.25, -0.2) is 4.68 Å². The maximum Gasteiger partial charge on any atom is 0.227 e. The van der Waals surface area contributed by atoms with Crippen molar-refractivity contribution in [3.05, 3.63) is 48.8 Å². The molecule has 0 aliphatic carbocycles. The summed E-state index contributed by atoms with van der Waals surface area (Å²) in [6.45, 7) is 4.31. The highest BCUT2D eigenvalue weighted by atomic mass is 32.2. The number of nitrogens with two attached hydrogens (primary N) is 1. The van der Waals surface area contributed by atoms with Crippen LogP contribution in [0.5, 0.6) is 0 Å². The summed E-state index contributed by atoms with van der Waals surface area (Å²) in [5.41, 5.74) is 7.20. The number of anilines is 1. The third-order valence-corrected chi connectivity index (χ3v) is 3.68. The standard InChI is InChI=1S/C14H16N4OS/c1-2-18-9-11(8-17-18)7-16-12-5-3-4-6-13(12)20-10-14(15)19/h2-6,8-9,16H,1,7,10H2,(H2,15,19). The van der Waals surface area contributed by atoms with Gasteiger partial charge >= 0.3 is 0 Å². The molecule has 6 heteroatoms. The topological polar surface area (TPSA) is 72.9 Å². The average Bonchev–Trinajstić information content (AvgIpc) is 2.91. The zero-order chi connectivity index (χ0) is 14.4. The lowest BCUT2D eigenvalue weighted by molar-refractivity contribution is -0.115. The summed E-state index contributed by atoms with van der Waals surface area (Å²) >= 11 is 1.43. The molecule has 0 unspecified atom stereocenters. The molecule has 0 saturated heterocycles. The summed E-state index contributed by atoms with van der Waals surface area (Å²) in [6, 6.07) is 7.82. The number of carbonyl (C=O) groups excluding carboxylic acids is 1. The van der Waals surface area contributed by atoms with E-state index in [1.165, 1.54) is 11.8 Å². The van der Waals surface area contributed by atoms with Crippen molar-refractivity contribution in [1.29, 1.82) is 0 Å². The van der Waals surface area contributed by atoms with Crippen LogP contribution >= 0.6 is 11.8 Å². The Balaban J connectivity index is 2.01. The summed E-state index contributed by atoms with van der Waals surface area (Å²) in [4.78, 5) is 11.9. The van der Waals surface area contributed by atoms with Crippen LogP contribution in [0, 0.1) is 0 Å². The molecule has 5 nitrogen and oxygen atoms in total. The number of thioether (sulfide) groups is 1. The van der Waals surface area contributed by atoms with Gasteiger partial charge in [-0.05, 0) is 12.1 Å². The summed E-state index contributed by atoms with van der Waals surface area (Å²) in [6.07, 6.45) is 5.33. The van der Waals surface area contributed by atoms with E-state index in [9.17, 15) is 4.79 Å². The van der Waals surface area contributed by atoms with Crippen LogP contribution in [0.3, 0.4) is 0 Å². The van der Waals surface area contributed by atoms with Gasteiger partial charge in [-0.3, -0.25) is 4.79 Å². The second-order valence-electron chi connectivity index (χ2n) is 4.12. The Kier molecular flexibility index (Phi) is 4.84. The fraction of sp³-hybridized carbons (Fsp3) is 0.143. The Morgan fingerprint density at radius 2 is 2.30 bits per heavy atom. The first kappa shape index (κ1) is 14.2. The quantitative estimate of drug-likeness (QED) is 0.766. The lowest BCUT2D eigenvalue weighted by atomic mass is 10.3. The van der Waals surface area contributed by atoms with E-state index in [-0.39, 0.29) is 11.7 Å². The number of hydrogen-bond acceptors (Lipinski definition) is 4. The summed E-state index contributed by atoms with van der Waals surface area (Å²) in [5, 5.41) is 7.45. The fourth-order valence-corrected chi connectivity index (χ4v) is 2.42. The number of rotatable bonds is 7. The van der Waals surface area contributed by atoms with E-state index in [0.717, 1.165) is 16.1 Å². The zero-order valence-electron chi connectivity index (χ0n) is 11.0. The summed E-state index contributed by atoms with van der Waals surface area (Å²) < 4.78 is 1.66. The number of benzene rings is 1. The third kappa shape index (κ3) is 3.89. The average molecular weight is 288 g/mol. The monoisotopic (exact) mass is 288 g/mol. The molecule has 1 aromatic heterocycles. The zero-order valence-corrected chi connectivity index (χ0v) is 11.8. The van der Waals surface area contributed by atoms with Crippen LogP contribution < -0.4 is 11.1 Å². The third-order valence-electron chi connectivity index (χ3n) is 2.58. The van der Waals surface area contributed by atoms with Crippen molar-refractivity contribution in [3.63, 3.8) is 0 Å². The molecule has 0 aliphatic rings. The predicted molar refractivity (Wildman–Crippen MR) is 82.3 cm³/mol. The molecule has 0 fully saturated rings. The molecule has 1 aromatic carbocycles. The highest BCUT2D eigenvalue weighted by Crippen LogP contribution is 2.27. The smallest absolute Gasteiger partial charge is 0.227 e. The molecule has 0 saturated carbocycles. The highest BCUT2D eigenvalue weighted by molar-refractivity contribution is 8.00. The van der Waals surface area contributed by atoms with Crippen LogP contribution in [0.1, 0.15) is 5.56 Å². The molecule has 0 bridgehead atoms. The molecule has 0 aliphatic heterocycles. The van der Waals surface area contributed by atoms with Gasteiger partial charge in [0.05, 0.1) is 11.9 Å². The first-order chi connectivity index (χ1) is 9.69. The lowest BCUT2D eigenvalue weighted by Crippen LogP contribution is -2.13. The number of primary amides is 1. The van der Waals surface area contributed by atoms with Crippen molar-refractivity contribution in [3.8, 4) is 0 Å². The number of aromatic nitrogens is 2. The van der Waals surface area contributed by atoms with Gasteiger partial charge in [0.25, 0.3) is 0 Å². The van der Waals surface area contributed by atoms with Crippen LogP contribution in [0.4, 0.5) is 5.69 Å². The van der Waals surface area contributed by atoms with Gasteiger partial charge in [-0.2, -0.15) is 5.10 Å². The Morgan fingerprint density at radius 1 is 1.50 bits per heavy atom. The minimum Gasteiger partial charge on any atom is -0.380 e. The van der Waals surface area contributed by atoms with Gasteiger partial charge in [0, 0.05) is 35.1 Å². The van der Waals surface area contributed by atoms with E-state index in [1.54, 1.807) is 17.1 Å². The molecular weight excluding hydrogens is 272 g/mol. The van der Waals surface area contributed by atoms with E-state index in [1.807, 2.05) is 30.5 Å². The maximum atomic E-state index is 10.9. The van der Waals surface area contributed by atoms with E-state index in [0.29, 0.717) is 6.54 Å². The minimum absolute atomic E-state index is 0.271. The molecule has 1 heterocycles. The SMILES string of the molecule is C=Cn1cc(CNc2ccccc2SCC(N)=O)cn1. The highest BCUT2D eigenvalue weighted by Gasteiger charge is 2.04. The number of carbonyl (C=O) groups is 1. The second kappa shape index (κ2) is 6.81. The molecule has 0 spiro atoms. The normalized spacial score (nSPS) is 10.2. The van der Waals surface area contributed by atoms with Crippen molar-refractivity contribution in [2.45, 2.75) is 11.4 Å². The van der Waals surface area contributed by atoms with E-state index in [4.69, 9.17) is 5.73 Å². The van der Waals surface area contributed by atoms with Crippen molar-refractivity contribution in [2.75, 3.05) is 11.1 Å². The van der Waals surface area contributed by atoms with Crippen molar-refractivity contribution in [1.82, 2.24) is 9.78 Å². The number of amides is 1. The Hall–Kier alpha value is -2.21. The minimum atomic E-state index is -0.322. The molecule has 1 amide bonds. The van der Waals surface area contributed by atoms with E-state index in [2.05, 4.69) is 17.0 Å². The molecule has 2 rings (SSSR count). The van der Waals surface area contributed by atoms with Gasteiger partial charge in [0.15, 0.2) is 0 Å². The number of nitrogens with zero attached hydrogens (tertiary/aromatic N) is 2. The van der Waals surface area contributed by atoms with Crippen molar-refractivity contribution < 1.29 is 4.79 Å². The molecule has 2 aromatic rings. The fourth-order valence-electron chi connectivity index (χ4n) is 1.65. The van der Waals surface area contributed by atoms with Gasteiger partial charge in [0.1, 0.15) is 0 Å². The molecule has 3 N–H and O–H groups in total. The molecule has 0 atom stereocenters. The predicted octanol–water partition coefficient (Wildman–Crippen LogP) is 2.17. The van der Waals surface area contributed by atoms with Crippen molar-refractivity contribution in [2.24, 2.45) is 5.73 Å². The van der Waals surface area contributed by atoms with Gasteiger partial charge in [-0.15, -0.1) is 11.8 Å². The largest absolute Gasteiger partial charge is 0.380 e. The van der Waals surface area contributed by atoms with Crippen LogP contribution in [-0.2, 0) is 11.3 Å². The molecule has 0 radical (unpaired) electrons. The Bertz CT molecular complexity index is 609. The lowest BCUT2D eigenvalue weighted by Gasteiger charge is -2.10. The second-order valence-corrected chi connectivity index (χ2v) is 5.13. The first-order valence-corrected chi connectivity index (χ1v) is 7.07. The Labute approximate surface area is 121 Å². The maximum absolute atomic E-state index is 10.9. The molecular formula is C14H16N4OS. The van der Waals surface area contributed by atoms with Crippen LogP contribution in [0.25, 0.3) is 6.20 Å². The number of hydrogen-bond donors (Lipinski definition) is 2. The van der Waals surface area contributed by atoms with Crippen molar-refractivity contribution >= 4 is 29.6 Å². The first-order valence-electron chi connectivity index (χ1n) is 6.08. The summed E-state index contributed by atoms with van der Waals surface area (Å²) in [5.74, 6) is -0.0512. The molecule has 20 heavy (non-hydrogen) atoms. The van der Waals surface area contributed by atoms with E-state index < -0.39 is 0 Å². The number of nitrogens with one attached hydrogen (secondary N) is 1. The number of para-hydroxylation sites is 1. The Morgan fingerprint density at radius 3 is 3.00 bits per heavy atom. The van der Waals surface area contributed by atoms with Gasteiger partial charge < -0.3 is 11.1 Å². The molecule has 104 valence electrons. The summed E-state index contributed by atoms with van der Waals surface area (Å²) in [7, 11) is 0. The van der Waals surface area contributed by atoms with Gasteiger partial charge in [0.2, 0.25) is 5.91 Å². The van der Waals surface area contributed by atoms with Crippen LogP contribution in [0.2, 0.25) is 0 Å². The van der Waals surface area contributed by atoms with Crippen LogP contribution in [-0.4, -0.2) is 21.4 Å². The van der Waals surface area contributed by atoms with Gasteiger partial charge in [-0.1, -0.05) is 18.7 Å².